The van der Waals surface area contributed by atoms with E-state index in [0.717, 1.165) is 56.8 Å². The molecule has 0 aliphatic carbocycles. The molecule has 0 fully saturated rings. The molecule has 0 amide bonds. The second kappa shape index (κ2) is 11.7. The molecule has 0 saturated carbocycles. The van der Waals surface area contributed by atoms with Crippen LogP contribution in [0.1, 0.15) is 42.1 Å². The number of furan rings is 1. The van der Waals surface area contributed by atoms with E-state index in [2.05, 4.69) is 96.0 Å². The van der Waals surface area contributed by atoms with Gasteiger partial charge >= 0.3 is 0 Å². The third kappa shape index (κ3) is 5.33. The molecule has 0 N–H and O–H groups in total. The van der Waals surface area contributed by atoms with Crippen LogP contribution in [0.5, 0.6) is 0 Å². The first-order chi connectivity index (χ1) is 20.5. The number of aromatic nitrogens is 4. The standard InChI is InChI=1S/C20H17N2O.C17H13N2.Ir/c1-12(2)14-9-10-21-18(11-14)17-6-4-5-15-16-8-7-13(3)22-20(16)23-19(15)17;1-12-10-14-8-5-9-19-16(14)15(11-12)18-17(19)13-6-3-2-4-7-13;/h4-5,7-12H,1-3H3;2-6,8,10-11H,9H2,1H3;/q2*-1;. The van der Waals surface area contributed by atoms with Gasteiger partial charge in [0.25, 0.3) is 0 Å². The van der Waals surface area contributed by atoms with Crippen LogP contribution >= 0.6 is 0 Å². The summed E-state index contributed by atoms with van der Waals surface area (Å²) in [5.41, 5.74) is 11.3. The minimum absolute atomic E-state index is 0. The summed E-state index contributed by atoms with van der Waals surface area (Å²) in [6.45, 7) is 9.32. The van der Waals surface area contributed by atoms with Gasteiger partial charge < -0.3 is 14.0 Å². The largest absolute Gasteiger partial charge is 0.486 e. The summed E-state index contributed by atoms with van der Waals surface area (Å²) >= 11 is 0. The van der Waals surface area contributed by atoms with Gasteiger partial charge in [-0.2, -0.15) is 0 Å². The van der Waals surface area contributed by atoms with Gasteiger partial charge in [0.2, 0.25) is 5.71 Å². The van der Waals surface area contributed by atoms with Crippen LogP contribution in [-0.2, 0) is 26.7 Å². The molecule has 4 aromatic heterocycles. The molecule has 43 heavy (non-hydrogen) atoms. The van der Waals surface area contributed by atoms with Crippen LogP contribution in [0.25, 0.3) is 61.8 Å². The molecule has 0 bridgehead atoms. The molecule has 5 heterocycles. The van der Waals surface area contributed by atoms with E-state index in [1.54, 1.807) is 0 Å². The fourth-order valence-electron chi connectivity index (χ4n) is 5.62. The Morgan fingerprint density at radius 2 is 1.79 bits per heavy atom. The fraction of sp³-hybridized carbons (Fsp3) is 0.162. The van der Waals surface area contributed by atoms with E-state index in [1.807, 2.05) is 49.5 Å². The summed E-state index contributed by atoms with van der Waals surface area (Å²) < 4.78 is 8.31. The smallest absolute Gasteiger partial charge is 0.216 e. The average Bonchev–Trinajstić information content (AvgIpc) is 3.56. The second-order valence-electron chi connectivity index (χ2n) is 11.1. The first kappa shape index (κ1) is 28.7. The van der Waals surface area contributed by atoms with Crippen molar-refractivity contribution >= 4 is 39.2 Å². The molecule has 0 unspecified atom stereocenters. The van der Waals surface area contributed by atoms with Gasteiger partial charge in [0, 0.05) is 43.9 Å². The fourth-order valence-corrected chi connectivity index (χ4v) is 5.62. The van der Waals surface area contributed by atoms with Crippen LogP contribution in [0, 0.1) is 26.0 Å². The van der Waals surface area contributed by atoms with Crippen LogP contribution in [-0.4, -0.2) is 19.5 Å². The van der Waals surface area contributed by atoms with Crippen LogP contribution in [0.4, 0.5) is 0 Å². The first-order valence-corrected chi connectivity index (χ1v) is 14.3. The second-order valence-corrected chi connectivity index (χ2v) is 11.1. The number of imidazole rings is 1. The van der Waals surface area contributed by atoms with E-state index < -0.39 is 0 Å². The number of fused-ring (bicyclic) bond motifs is 3. The summed E-state index contributed by atoms with van der Waals surface area (Å²) in [6.07, 6.45) is 6.23. The van der Waals surface area contributed by atoms with E-state index in [1.165, 1.54) is 22.2 Å². The predicted octanol–water partition coefficient (Wildman–Crippen LogP) is 9.11. The van der Waals surface area contributed by atoms with E-state index >= 15 is 0 Å². The number of benzene rings is 3. The molecule has 0 atom stereocenters. The Morgan fingerprint density at radius 3 is 2.60 bits per heavy atom. The van der Waals surface area contributed by atoms with Crippen molar-refractivity contribution in [2.45, 2.75) is 40.2 Å². The Morgan fingerprint density at radius 1 is 0.907 bits per heavy atom. The molecule has 0 saturated heterocycles. The number of nitrogens with zero attached hydrogens (tertiary/aromatic N) is 4. The van der Waals surface area contributed by atoms with Crippen LogP contribution in [0.2, 0.25) is 0 Å². The van der Waals surface area contributed by atoms with Gasteiger partial charge in [-0.25, -0.2) is 4.98 Å². The van der Waals surface area contributed by atoms with Gasteiger partial charge in [-0.05, 0) is 66.9 Å². The van der Waals surface area contributed by atoms with Crippen molar-refractivity contribution in [2.75, 3.05) is 0 Å². The zero-order valence-electron chi connectivity index (χ0n) is 24.5. The summed E-state index contributed by atoms with van der Waals surface area (Å²) in [5, 5.41) is 2.08. The summed E-state index contributed by atoms with van der Waals surface area (Å²) in [4.78, 5) is 13.8. The molecule has 8 rings (SSSR count). The Kier molecular flexibility index (Phi) is 7.83. The van der Waals surface area contributed by atoms with Crippen molar-refractivity contribution in [2.24, 2.45) is 0 Å². The molecule has 1 aliphatic rings. The number of hydrogen-bond donors (Lipinski definition) is 0. The van der Waals surface area contributed by atoms with E-state index in [4.69, 9.17) is 9.40 Å². The first-order valence-electron chi connectivity index (χ1n) is 14.3. The topological polar surface area (TPSA) is 56.7 Å². The van der Waals surface area contributed by atoms with Crippen LogP contribution in [0.15, 0.2) is 89.5 Å². The van der Waals surface area contributed by atoms with E-state index in [0.29, 0.717) is 11.6 Å². The third-order valence-corrected chi connectivity index (χ3v) is 7.70. The normalized spacial score (nSPS) is 12.0. The molecule has 215 valence electrons. The number of pyridine rings is 2. The van der Waals surface area contributed by atoms with E-state index in [9.17, 15) is 0 Å². The summed E-state index contributed by atoms with van der Waals surface area (Å²) in [6, 6.07) is 31.1. The maximum absolute atomic E-state index is 6.04. The van der Waals surface area contributed by atoms with Crippen molar-refractivity contribution in [3.05, 3.63) is 120 Å². The van der Waals surface area contributed by atoms with Crippen molar-refractivity contribution in [1.82, 2.24) is 19.5 Å². The van der Waals surface area contributed by atoms with Gasteiger partial charge in [0.05, 0.1) is 22.4 Å². The molecular formula is C37H30IrN4O-2. The molecule has 6 heteroatoms. The minimum Gasteiger partial charge on any atom is -0.486 e. The summed E-state index contributed by atoms with van der Waals surface area (Å²) in [5.74, 6) is 1.46. The van der Waals surface area contributed by atoms with Gasteiger partial charge in [0.1, 0.15) is 0 Å². The molecule has 1 aliphatic heterocycles. The molecule has 7 aromatic rings. The molecule has 0 spiro atoms. The summed E-state index contributed by atoms with van der Waals surface area (Å²) in [7, 11) is 0. The number of allylic oxidation sites excluding steroid dienone is 1. The molecule has 1 radical (unpaired) electrons. The monoisotopic (exact) mass is 739 g/mol. The zero-order valence-corrected chi connectivity index (χ0v) is 26.9. The van der Waals surface area contributed by atoms with Crippen molar-refractivity contribution in [3.8, 4) is 22.6 Å². The van der Waals surface area contributed by atoms with Crippen LogP contribution in [0.3, 0.4) is 0 Å². The Balaban J connectivity index is 0.000000152. The predicted molar refractivity (Wildman–Crippen MR) is 170 cm³/mol. The number of aryl methyl sites for hydroxylation is 2. The zero-order chi connectivity index (χ0) is 28.8. The van der Waals surface area contributed by atoms with Gasteiger partial charge in [-0.1, -0.05) is 48.6 Å². The Labute approximate surface area is 264 Å². The molecular weight excluding hydrogens is 709 g/mol. The maximum Gasteiger partial charge on any atom is 0.216 e. The van der Waals surface area contributed by atoms with Crippen LogP contribution < -0.4 is 0 Å². The van der Waals surface area contributed by atoms with Gasteiger partial charge in [-0.3, -0.25) is 4.98 Å². The number of rotatable bonds is 3. The average molecular weight is 739 g/mol. The third-order valence-electron chi connectivity index (χ3n) is 7.70. The maximum atomic E-state index is 6.04. The Hall–Kier alpha value is -4.38. The minimum atomic E-state index is 0. The SMILES string of the molecule is Cc1cc2c3c(c1)nc(-c1[c-]cccc1)n3CC=C2.Cc1ccc2c(n1)oc1c(-c3cc(C(C)C)ccn3)[c-]ccc12.[Ir]. The van der Waals surface area contributed by atoms with Gasteiger partial charge in [-0.15, -0.1) is 54.1 Å². The quantitative estimate of drug-likeness (QED) is 0.170. The Bertz CT molecular complexity index is 2120. The van der Waals surface area contributed by atoms with Gasteiger partial charge in [0.15, 0.2) is 0 Å². The van der Waals surface area contributed by atoms with Crippen molar-refractivity contribution in [1.29, 1.82) is 0 Å². The molecule has 3 aromatic carbocycles. The van der Waals surface area contributed by atoms with E-state index in [-0.39, 0.29) is 20.1 Å². The van der Waals surface area contributed by atoms with Crippen molar-refractivity contribution in [3.63, 3.8) is 0 Å². The number of hydrogen-bond acceptors (Lipinski definition) is 4. The molecule has 5 nitrogen and oxygen atoms in total. The van der Waals surface area contributed by atoms with Crippen molar-refractivity contribution < 1.29 is 24.5 Å².